The molecule has 0 saturated carbocycles. The van der Waals surface area contributed by atoms with Gasteiger partial charge in [-0.2, -0.15) is 4.31 Å². The summed E-state index contributed by atoms with van der Waals surface area (Å²) < 4.78 is 38.6. The molecule has 1 aromatic heterocycles. The minimum absolute atomic E-state index is 0.0759. The van der Waals surface area contributed by atoms with Gasteiger partial charge in [-0.1, -0.05) is 45.0 Å². The molecule has 1 N–H and O–H groups in total. The number of esters is 1. The number of sulfonamides is 1. The highest BCUT2D eigenvalue weighted by atomic mass is 32.2. The Balaban J connectivity index is 1.34. The number of fused-ring (bicyclic) bond motifs is 2. The van der Waals surface area contributed by atoms with E-state index in [-0.39, 0.29) is 23.4 Å². The fourth-order valence-corrected chi connectivity index (χ4v) is 7.30. The molecule has 41 heavy (non-hydrogen) atoms. The summed E-state index contributed by atoms with van der Waals surface area (Å²) in [7, 11) is -3.75. The molecule has 3 aromatic rings. The third-order valence-electron chi connectivity index (χ3n) is 8.08. The first kappa shape index (κ1) is 29.2. The lowest BCUT2D eigenvalue weighted by molar-refractivity contribution is -0.119. The summed E-state index contributed by atoms with van der Waals surface area (Å²) in [4.78, 5) is 31.4. The van der Waals surface area contributed by atoms with Gasteiger partial charge in [0.05, 0.1) is 29.2 Å². The van der Waals surface area contributed by atoms with E-state index in [9.17, 15) is 18.0 Å². The van der Waals surface area contributed by atoms with Gasteiger partial charge in [-0.25, -0.2) is 13.2 Å². The van der Waals surface area contributed by atoms with Crippen LogP contribution >= 0.6 is 0 Å². The predicted octanol–water partition coefficient (Wildman–Crippen LogP) is 4.51. The molecule has 1 amide bonds. The molecule has 9 nitrogen and oxygen atoms in total. The van der Waals surface area contributed by atoms with Crippen molar-refractivity contribution in [2.24, 2.45) is 11.3 Å². The summed E-state index contributed by atoms with van der Waals surface area (Å²) in [5.41, 5.74) is 3.97. The average Bonchev–Trinajstić information content (AvgIpc) is 2.95. The van der Waals surface area contributed by atoms with Crippen LogP contribution in [0.25, 0.3) is 10.9 Å². The van der Waals surface area contributed by atoms with Gasteiger partial charge in [0, 0.05) is 29.9 Å². The van der Waals surface area contributed by atoms with E-state index in [0.717, 1.165) is 36.0 Å². The highest BCUT2D eigenvalue weighted by Crippen LogP contribution is 2.39. The van der Waals surface area contributed by atoms with Crippen molar-refractivity contribution in [3.63, 3.8) is 0 Å². The zero-order valence-electron chi connectivity index (χ0n) is 24.0. The number of rotatable bonds is 6. The van der Waals surface area contributed by atoms with E-state index in [4.69, 9.17) is 14.5 Å². The van der Waals surface area contributed by atoms with Crippen molar-refractivity contribution < 1.29 is 27.5 Å². The number of nitrogens with zero attached hydrogens (tertiary/aromatic N) is 2. The van der Waals surface area contributed by atoms with E-state index < -0.39 is 28.5 Å². The number of morpholine rings is 1. The second kappa shape index (κ2) is 11.5. The highest BCUT2D eigenvalue weighted by Gasteiger charge is 2.33. The molecule has 2 aromatic carbocycles. The Hall–Kier alpha value is -3.34. The van der Waals surface area contributed by atoms with E-state index >= 15 is 0 Å². The number of aryl methyl sites for hydroxylation is 2. The van der Waals surface area contributed by atoms with Crippen LogP contribution in [0.1, 0.15) is 54.4 Å². The van der Waals surface area contributed by atoms with Crippen molar-refractivity contribution in [1.82, 2.24) is 9.29 Å². The predicted molar refractivity (Wildman–Crippen MR) is 156 cm³/mol. The molecule has 0 spiro atoms. The number of benzene rings is 2. The van der Waals surface area contributed by atoms with Crippen LogP contribution in [0, 0.1) is 18.3 Å². The highest BCUT2D eigenvalue weighted by molar-refractivity contribution is 7.89. The van der Waals surface area contributed by atoms with Gasteiger partial charge in [-0.05, 0) is 66.8 Å². The van der Waals surface area contributed by atoms with Crippen LogP contribution in [-0.4, -0.2) is 62.5 Å². The molecular weight excluding hydrogens is 542 g/mol. The molecule has 2 aliphatic rings. The van der Waals surface area contributed by atoms with Crippen LogP contribution in [0.2, 0.25) is 0 Å². The summed E-state index contributed by atoms with van der Waals surface area (Å²) in [6, 6.07) is 12.2. The Labute approximate surface area is 241 Å². The molecule has 1 aliphatic heterocycles. The standard InChI is InChI=1S/C31H37N3O6S/c1-20-9-11-22(18-27(20)41(37,38)34-13-15-39-16-14-34)32-28(35)19-40-30(36)29-23-7-5-6-8-25(23)33-26-12-10-21(17-24(26)29)31(2,3)4/h5-9,11,18,21H,10,12-17,19H2,1-4H3,(H,32,35). The molecule has 5 rings (SSSR count). The number of hydrogen-bond acceptors (Lipinski definition) is 7. The second-order valence-corrected chi connectivity index (χ2v) is 13.8. The number of hydrogen-bond donors (Lipinski definition) is 1. The van der Waals surface area contributed by atoms with Crippen molar-refractivity contribution in [1.29, 1.82) is 0 Å². The summed E-state index contributed by atoms with van der Waals surface area (Å²) in [6.45, 7) is 9.07. The number of carbonyl (C=O) groups excluding carboxylic acids is 2. The lowest BCUT2D eigenvalue weighted by Gasteiger charge is -2.35. The van der Waals surface area contributed by atoms with Crippen molar-refractivity contribution in [2.45, 2.75) is 51.9 Å². The molecule has 1 atom stereocenters. The molecule has 1 unspecified atom stereocenters. The van der Waals surface area contributed by atoms with Crippen LogP contribution in [0.3, 0.4) is 0 Å². The van der Waals surface area contributed by atoms with Crippen molar-refractivity contribution >= 4 is 38.5 Å². The SMILES string of the molecule is Cc1ccc(NC(=O)COC(=O)c2c3c(nc4ccccc24)CCC(C(C)(C)C)C3)cc1S(=O)(=O)N1CCOCC1. The van der Waals surface area contributed by atoms with Crippen LogP contribution < -0.4 is 5.32 Å². The summed E-state index contributed by atoms with van der Waals surface area (Å²) in [5, 5.41) is 3.39. The molecule has 1 aliphatic carbocycles. The van der Waals surface area contributed by atoms with Crippen molar-refractivity contribution in [2.75, 3.05) is 38.2 Å². The third kappa shape index (κ3) is 6.14. The average molecular weight is 580 g/mol. The Morgan fingerprint density at radius 1 is 1.12 bits per heavy atom. The lowest BCUT2D eigenvalue weighted by Crippen LogP contribution is -2.40. The van der Waals surface area contributed by atoms with E-state index in [1.165, 1.54) is 10.4 Å². The molecule has 1 fully saturated rings. The maximum atomic E-state index is 13.5. The molecule has 218 valence electrons. The first-order chi connectivity index (χ1) is 19.4. The molecule has 0 bridgehead atoms. The van der Waals surface area contributed by atoms with Gasteiger partial charge in [0.25, 0.3) is 5.91 Å². The summed E-state index contributed by atoms with van der Waals surface area (Å²) in [6.07, 6.45) is 2.50. The quantitative estimate of drug-likeness (QED) is 0.427. The Morgan fingerprint density at radius 3 is 2.59 bits per heavy atom. The first-order valence-electron chi connectivity index (χ1n) is 14.0. The number of carbonyl (C=O) groups is 2. The number of para-hydroxylation sites is 1. The number of amides is 1. The van der Waals surface area contributed by atoms with Crippen LogP contribution in [0.5, 0.6) is 0 Å². The van der Waals surface area contributed by atoms with E-state index in [2.05, 4.69) is 26.1 Å². The van der Waals surface area contributed by atoms with E-state index in [0.29, 0.717) is 41.3 Å². The van der Waals surface area contributed by atoms with Crippen molar-refractivity contribution in [3.8, 4) is 0 Å². The van der Waals surface area contributed by atoms with Gasteiger partial charge in [-0.3, -0.25) is 9.78 Å². The molecular formula is C31H37N3O6S. The number of anilines is 1. The van der Waals surface area contributed by atoms with Gasteiger partial charge < -0.3 is 14.8 Å². The van der Waals surface area contributed by atoms with Crippen LogP contribution in [-0.2, 0) is 37.1 Å². The molecule has 10 heteroatoms. The number of nitrogens with one attached hydrogen (secondary N) is 1. The Morgan fingerprint density at radius 2 is 1.85 bits per heavy atom. The monoisotopic (exact) mass is 579 g/mol. The summed E-state index contributed by atoms with van der Waals surface area (Å²) in [5.74, 6) is -0.738. The minimum Gasteiger partial charge on any atom is -0.452 e. The van der Waals surface area contributed by atoms with Gasteiger partial charge in [0.2, 0.25) is 10.0 Å². The topological polar surface area (TPSA) is 115 Å². The summed E-state index contributed by atoms with van der Waals surface area (Å²) >= 11 is 0. The fourth-order valence-electron chi connectivity index (χ4n) is 5.64. The van der Waals surface area contributed by atoms with Gasteiger partial charge in [-0.15, -0.1) is 0 Å². The number of ether oxygens (including phenoxy) is 2. The first-order valence-corrected chi connectivity index (χ1v) is 15.4. The van der Waals surface area contributed by atoms with E-state index in [1.807, 2.05) is 24.3 Å². The normalized spacial score (nSPS) is 18.1. The zero-order valence-corrected chi connectivity index (χ0v) is 24.8. The van der Waals surface area contributed by atoms with Gasteiger partial charge in [0.1, 0.15) is 0 Å². The van der Waals surface area contributed by atoms with Crippen LogP contribution in [0.15, 0.2) is 47.4 Å². The maximum Gasteiger partial charge on any atom is 0.339 e. The number of aromatic nitrogens is 1. The molecule has 1 saturated heterocycles. The smallest absolute Gasteiger partial charge is 0.339 e. The molecule has 0 radical (unpaired) electrons. The molecule has 2 heterocycles. The second-order valence-electron chi connectivity index (χ2n) is 11.9. The number of pyridine rings is 1. The van der Waals surface area contributed by atoms with Gasteiger partial charge in [0.15, 0.2) is 6.61 Å². The largest absolute Gasteiger partial charge is 0.452 e. The minimum atomic E-state index is -3.75. The Bertz CT molecular complexity index is 1590. The van der Waals surface area contributed by atoms with Crippen LogP contribution in [0.4, 0.5) is 5.69 Å². The zero-order chi connectivity index (χ0) is 29.4. The fraction of sp³-hybridized carbons (Fsp3) is 0.452. The van der Waals surface area contributed by atoms with Gasteiger partial charge >= 0.3 is 5.97 Å². The lowest BCUT2D eigenvalue weighted by atomic mass is 9.70. The van der Waals surface area contributed by atoms with Crippen molar-refractivity contribution in [3.05, 3.63) is 64.8 Å². The Kier molecular flexibility index (Phi) is 8.18. The third-order valence-corrected chi connectivity index (χ3v) is 10.1. The maximum absolute atomic E-state index is 13.5. The van der Waals surface area contributed by atoms with E-state index in [1.54, 1.807) is 19.1 Å².